The smallest absolute Gasteiger partial charge is 0.360 e. The Morgan fingerprint density at radius 2 is 2.16 bits per heavy atom. The second kappa shape index (κ2) is 3.84. The lowest BCUT2D eigenvalue weighted by Crippen LogP contribution is -2.18. The summed E-state index contributed by atoms with van der Waals surface area (Å²) >= 11 is 0. The van der Waals surface area contributed by atoms with E-state index in [4.69, 9.17) is 4.52 Å². The molecule has 96 valence electrons. The maximum Gasteiger partial charge on any atom is 0.360 e. The number of fused-ring (bicyclic) bond motifs is 3. The fourth-order valence-corrected chi connectivity index (χ4v) is 1.82. The number of aromatic hydroxyl groups is 1. The van der Waals surface area contributed by atoms with E-state index in [2.05, 4.69) is 9.72 Å². The highest BCUT2D eigenvalue weighted by molar-refractivity contribution is 5.94. The predicted molar refractivity (Wildman–Crippen MR) is 64.2 cm³/mol. The summed E-state index contributed by atoms with van der Waals surface area (Å²) in [6.07, 6.45) is 0. The molecule has 0 unspecified atom stereocenters. The van der Waals surface area contributed by atoms with E-state index in [1.165, 1.54) is 0 Å². The molecule has 2 aromatic heterocycles. The van der Waals surface area contributed by atoms with Gasteiger partial charge in [-0.05, 0) is 12.1 Å². The Labute approximate surface area is 105 Å². The van der Waals surface area contributed by atoms with Crippen molar-refractivity contribution >= 4 is 22.6 Å². The summed E-state index contributed by atoms with van der Waals surface area (Å²) in [5, 5.41) is 10.2. The SMILES string of the molecule is COC(=O)c1nc2c3ccccc3on2c(=O)c1O. The average Bonchev–Trinajstić information content (AvgIpc) is 2.81. The first kappa shape index (κ1) is 11.3. The third kappa shape index (κ3) is 1.48. The van der Waals surface area contributed by atoms with Crippen LogP contribution in [0.1, 0.15) is 10.5 Å². The van der Waals surface area contributed by atoms with E-state index in [9.17, 15) is 14.7 Å². The number of nitrogens with zero attached hydrogens (tertiary/aromatic N) is 2. The van der Waals surface area contributed by atoms with Crippen LogP contribution in [0.4, 0.5) is 0 Å². The lowest BCUT2D eigenvalue weighted by Gasteiger charge is -2.00. The first-order valence-electron chi connectivity index (χ1n) is 5.35. The summed E-state index contributed by atoms with van der Waals surface area (Å²) < 4.78 is 10.6. The van der Waals surface area contributed by atoms with Crippen LogP contribution in [-0.4, -0.2) is 27.7 Å². The Morgan fingerprint density at radius 1 is 1.42 bits per heavy atom. The maximum atomic E-state index is 11.9. The number of para-hydroxylation sites is 1. The van der Waals surface area contributed by atoms with E-state index in [1.54, 1.807) is 24.3 Å². The molecular weight excluding hydrogens is 252 g/mol. The number of carbonyl (C=O) groups excluding carboxylic acids is 1. The average molecular weight is 260 g/mol. The molecule has 0 bridgehead atoms. The lowest BCUT2D eigenvalue weighted by molar-refractivity contribution is 0.0590. The zero-order chi connectivity index (χ0) is 13.6. The van der Waals surface area contributed by atoms with Gasteiger partial charge in [0.25, 0.3) is 0 Å². The molecule has 0 aliphatic heterocycles. The highest BCUT2D eigenvalue weighted by Crippen LogP contribution is 2.21. The molecule has 0 amide bonds. The number of rotatable bonds is 1. The Balaban J connectivity index is 2.50. The summed E-state index contributed by atoms with van der Waals surface area (Å²) in [5.74, 6) is -1.69. The predicted octanol–water partition coefficient (Wildman–Crippen LogP) is 0.933. The van der Waals surface area contributed by atoms with Crippen molar-refractivity contribution in [3.63, 3.8) is 0 Å². The largest absolute Gasteiger partial charge is 0.501 e. The second-order valence-corrected chi connectivity index (χ2v) is 3.81. The van der Waals surface area contributed by atoms with Crippen LogP contribution >= 0.6 is 0 Å². The molecule has 19 heavy (non-hydrogen) atoms. The normalized spacial score (nSPS) is 11.0. The minimum absolute atomic E-state index is 0.152. The van der Waals surface area contributed by atoms with E-state index < -0.39 is 23.0 Å². The Morgan fingerprint density at radius 3 is 2.89 bits per heavy atom. The molecule has 3 aromatic rings. The Bertz CT molecular complexity index is 862. The van der Waals surface area contributed by atoms with Gasteiger partial charge in [0.1, 0.15) is 0 Å². The van der Waals surface area contributed by atoms with Crippen LogP contribution in [0.5, 0.6) is 5.75 Å². The first-order valence-corrected chi connectivity index (χ1v) is 5.35. The van der Waals surface area contributed by atoms with Crippen LogP contribution < -0.4 is 5.56 Å². The molecule has 0 aliphatic rings. The van der Waals surface area contributed by atoms with Gasteiger partial charge in [0, 0.05) is 0 Å². The van der Waals surface area contributed by atoms with Crippen molar-refractivity contribution in [2.24, 2.45) is 0 Å². The van der Waals surface area contributed by atoms with Crippen LogP contribution in [0.2, 0.25) is 0 Å². The molecule has 1 N–H and O–H groups in total. The molecular formula is C12H8N2O5. The zero-order valence-electron chi connectivity index (χ0n) is 9.78. The molecule has 0 aliphatic carbocycles. The van der Waals surface area contributed by atoms with Crippen LogP contribution in [0.3, 0.4) is 0 Å². The highest BCUT2D eigenvalue weighted by Gasteiger charge is 2.22. The van der Waals surface area contributed by atoms with Gasteiger partial charge in [0.05, 0.1) is 12.5 Å². The van der Waals surface area contributed by atoms with Gasteiger partial charge in [-0.25, -0.2) is 9.78 Å². The quantitative estimate of drug-likeness (QED) is 0.654. The van der Waals surface area contributed by atoms with E-state index >= 15 is 0 Å². The number of aromatic nitrogens is 2. The minimum Gasteiger partial charge on any atom is -0.501 e. The first-order chi connectivity index (χ1) is 9.13. The van der Waals surface area contributed by atoms with Crippen molar-refractivity contribution in [3.8, 4) is 5.75 Å². The molecule has 0 saturated carbocycles. The summed E-state index contributed by atoms with van der Waals surface area (Å²) in [6.45, 7) is 0. The molecule has 7 heteroatoms. The summed E-state index contributed by atoms with van der Waals surface area (Å²) in [6, 6.07) is 6.82. The van der Waals surface area contributed by atoms with Gasteiger partial charge >= 0.3 is 11.5 Å². The van der Waals surface area contributed by atoms with Gasteiger partial charge < -0.3 is 14.4 Å². The van der Waals surface area contributed by atoms with E-state index in [1.807, 2.05) is 0 Å². The van der Waals surface area contributed by atoms with Crippen LogP contribution in [-0.2, 0) is 4.74 Å². The lowest BCUT2D eigenvalue weighted by atomic mass is 10.2. The van der Waals surface area contributed by atoms with Gasteiger partial charge in [0.15, 0.2) is 16.9 Å². The van der Waals surface area contributed by atoms with E-state index in [0.717, 1.165) is 11.7 Å². The van der Waals surface area contributed by atoms with Crippen molar-refractivity contribution in [1.29, 1.82) is 0 Å². The van der Waals surface area contributed by atoms with Gasteiger partial charge in [-0.15, -0.1) is 4.57 Å². The number of carbonyl (C=O) groups is 1. The summed E-state index contributed by atoms with van der Waals surface area (Å²) in [4.78, 5) is 27.3. The number of hydrogen-bond acceptors (Lipinski definition) is 6. The fraction of sp³-hybridized carbons (Fsp3) is 0.0833. The van der Waals surface area contributed by atoms with Crippen molar-refractivity contribution in [3.05, 3.63) is 40.3 Å². The molecule has 0 radical (unpaired) electrons. The monoisotopic (exact) mass is 260 g/mol. The third-order valence-electron chi connectivity index (χ3n) is 2.72. The molecule has 2 heterocycles. The Kier molecular flexibility index (Phi) is 2.28. The van der Waals surface area contributed by atoms with Crippen LogP contribution in [0.25, 0.3) is 16.6 Å². The number of methoxy groups -OCH3 is 1. The molecule has 0 saturated heterocycles. The van der Waals surface area contributed by atoms with Crippen LogP contribution in [0, 0.1) is 0 Å². The standard InChI is InChI=1S/C12H8N2O5/c1-18-12(17)8-9(15)11(16)14-10(13-8)6-4-2-3-5-7(6)19-14/h2-5,15H,1H3. The summed E-state index contributed by atoms with van der Waals surface area (Å²) in [7, 11) is 1.14. The maximum absolute atomic E-state index is 11.9. The van der Waals surface area contributed by atoms with Crippen LogP contribution in [0.15, 0.2) is 33.6 Å². The molecule has 0 atom stereocenters. The molecule has 3 rings (SSSR count). The molecule has 7 nitrogen and oxygen atoms in total. The molecule has 0 fully saturated rings. The van der Waals surface area contributed by atoms with Crippen molar-refractivity contribution in [2.75, 3.05) is 7.11 Å². The topological polar surface area (TPSA) is 94.0 Å². The number of benzene rings is 1. The number of hydrogen-bond donors (Lipinski definition) is 1. The van der Waals surface area contributed by atoms with Crippen molar-refractivity contribution in [1.82, 2.24) is 9.56 Å². The minimum atomic E-state index is -0.887. The third-order valence-corrected chi connectivity index (χ3v) is 2.72. The number of ether oxygens (including phenoxy) is 1. The van der Waals surface area contributed by atoms with Gasteiger partial charge in [0.2, 0.25) is 5.75 Å². The van der Waals surface area contributed by atoms with E-state index in [-0.39, 0.29) is 5.65 Å². The van der Waals surface area contributed by atoms with Crippen molar-refractivity contribution < 1.29 is 19.2 Å². The molecule has 1 aromatic carbocycles. The van der Waals surface area contributed by atoms with E-state index in [0.29, 0.717) is 11.0 Å². The fourth-order valence-electron chi connectivity index (χ4n) is 1.82. The second-order valence-electron chi connectivity index (χ2n) is 3.81. The van der Waals surface area contributed by atoms with Gasteiger partial charge in [-0.2, -0.15) is 0 Å². The zero-order valence-corrected chi connectivity index (χ0v) is 9.78. The molecule has 0 spiro atoms. The summed E-state index contributed by atoms with van der Waals surface area (Å²) in [5.41, 5.74) is -0.715. The Hall–Kier alpha value is -2.83. The number of esters is 1. The van der Waals surface area contributed by atoms with Crippen molar-refractivity contribution in [2.45, 2.75) is 0 Å². The van der Waals surface area contributed by atoms with Gasteiger partial charge in [-0.3, -0.25) is 4.79 Å². The van der Waals surface area contributed by atoms with Gasteiger partial charge in [-0.1, -0.05) is 12.1 Å². The highest BCUT2D eigenvalue weighted by atomic mass is 16.5.